The van der Waals surface area contributed by atoms with Gasteiger partial charge in [0.05, 0.1) is 31.8 Å². The van der Waals surface area contributed by atoms with Gasteiger partial charge in [0, 0.05) is 37.1 Å². The molecule has 6 heteroatoms. The van der Waals surface area contributed by atoms with Crippen LogP contribution in [0.15, 0.2) is 22.8 Å². The Kier molecular flexibility index (Phi) is 5.40. The van der Waals surface area contributed by atoms with Crippen LogP contribution >= 0.6 is 0 Å². The predicted molar refractivity (Wildman–Crippen MR) is 106 cm³/mol. The van der Waals surface area contributed by atoms with E-state index in [1.807, 2.05) is 15.9 Å². The molecule has 2 aromatic rings. The predicted octanol–water partition coefficient (Wildman–Crippen LogP) is 2.69. The molecule has 0 spiro atoms. The van der Waals surface area contributed by atoms with E-state index in [1.54, 1.807) is 6.26 Å². The number of hydrogen-bond acceptors (Lipinski definition) is 4. The molecular weight excluding hydrogens is 356 g/mol. The molecular formula is C22H28N2O4. The first kappa shape index (κ1) is 19.0. The molecule has 6 nitrogen and oxygen atoms in total. The van der Waals surface area contributed by atoms with Crippen molar-refractivity contribution >= 4 is 22.8 Å². The van der Waals surface area contributed by atoms with Crippen LogP contribution in [0.3, 0.4) is 0 Å². The van der Waals surface area contributed by atoms with Crippen LogP contribution in [0.25, 0.3) is 11.0 Å². The summed E-state index contributed by atoms with van der Waals surface area (Å²) >= 11 is 0. The van der Waals surface area contributed by atoms with Crippen LogP contribution in [-0.4, -0.2) is 61.0 Å². The molecule has 1 aromatic heterocycles. The summed E-state index contributed by atoms with van der Waals surface area (Å²) in [6.07, 6.45) is 3.74. The van der Waals surface area contributed by atoms with E-state index in [1.165, 1.54) is 11.1 Å². The molecule has 1 aromatic carbocycles. The van der Waals surface area contributed by atoms with E-state index in [0.717, 1.165) is 35.9 Å². The quantitative estimate of drug-likeness (QED) is 0.816. The van der Waals surface area contributed by atoms with Crippen LogP contribution in [0.2, 0.25) is 0 Å². The lowest BCUT2D eigenvalue weighted by Crippen LogP contribution is -2.49. The van der Waals surface area contributed by atoms with Crippen LogP contribution in [-0.2, 0) is 20.7 Å². The average Bonchev–Trinajstić information content (AvgIpc) is 3.10. The minimum atomic E-state index is -0.0956. The SMILES string of the molecule is Cc1cc2occ(CC(=O)N3CCCC(C(=O)N4CCOCC4)C3)c2cc1C. The van der Waals surface area contributed by atoms with E-state index in [-0.39, 0.29) is 17.7 Å². The van der Waals surface area contributed by atoms with Gasteiger partial charge >= 0.3 is 0 Å². The number of aryl methyl sites for hydroxylation is 2. The van der Waals surface area contributed by atoms with Gasteiger partial charge in [-0.05, 0) is 49.9 Å². The van der Waals surface area contributed by atoms with Crippen LogP contribution < -0.4 is 0 Å². The van der Waals surface area contributed by atoms with E-state index in [0.29, 0.717) is 39.3 Å². The highest BCUT2D eigenvalue weighted by molar-refractivity contribution is 5.89. The van der Waals surface area contributed by atoms with E-state index in [2.05, 4.69) is 19.9 Å². The standard InChI is InChI=1S/C22H28N2O4/c1-15-10-19-18(14-28-20(19)11-16(15)2)12-21(25)24-5-3-4-17(13-24)22(26)23-6-8-27-9-7-23/h10-11,14,17H,3-9,12-13H2,1-2H3. The second kappa shape index (κ2) is 7.95. The number of morpholine rings is 1. The van der Waals surface area contributed by atoms with Crippen molar-refractivity contribution in [3.05, 3.63) is 35.1 Å². The zero-order valence-corrected chi connectivity index (χ0v) is 16.7. The largest absolute Gasteiger partial charge is 0.464 e. The van der Waals surface area contributed by atoms with E-state index < -0.39 is 0 Å². The third-order valence-corrected chi connectivity index (χ3v) is 6.06. The lowest BCUT2D eigenvalue weighted by molar-refractivity contribution is -0.143. The van der Waals surface area contributed by atoms with Gasteiger partial charge in [-0.1, -0.05) is 0 Å². The molecule has 0 N–H and O–H groups in total. The molecule has 0 saturated carbocycles. The number of benzene rings is 1. The Morgan fingerprint density at radius 1 is 1.07 bits per heavy atom. The molecule has 2 amide bonds. The lowest BCUT2D eigenvalue weighted by Gasteiger charge is -2.36. The molecule has 1 unspecified atom stereocenters. The molecule has 2 aliphatic rings. The summed E-state index contributed by atoms with van der Waals surface area (Å²) < 4.78 is 11.0. The molecule has 28 heavy (non-hydrogen) atoms. The lowest BCUT2D eigenvalue weighted by atomic mass is 9.95. The van der Waals surface area contributed by atoms with E-state index in [9.17, 15) is 9.59 Å². The Labute approximate surface area is 165 Å². The molecule has 2 saturated heterocycles. The van der Waals surface area contributed by atoms with E-state index in [4.69, 9.17) is 9.15 Å². The van der Waals surface area contributed by atoms with Gasteiger partial charge in [-0.2, -0.15) is 0 Å². The summed E-state index contributed by atoms with van der Waals surface area (Å²) in [5.74, 6) is 0.142. The monoisotopic (exact) mass is 384 g/mol. The van der Waals surface area contributed by atoms with Gasteiger partial charge in [-0.25, -0.2) is 0 Å². The van der Waals surface area contributed by atoms with Crippen molar-refractivity contribution in [2.75, 3.05) is 39.4 Å². The van der Waals surface area contributed by atoms with Crippen molar-refractivity contribution in [1.82, 2.24) is 9.80 Å². The molecule has 4 rings (SSSR count). The normalized spacial score (nSPS) is 20.6. The topological polar surface area (TPSA) is 63.0 Å². The first-order valence-electron chi connectivity index (χ1n) is 10.1. The molecule has 1 atom stereocenters. The van der Waals surface area contributed by atoms with Crippen molar-refractivity contribution in [2.45, 2.75) is 33.1 Å². The van der Waals surface area contributed by atoms with Gasteiger partial charge in [-0.3, -0.25) is 9.59 Å². The summed E-state index contributed by atoms with van der Waals surface area (Å²) in [5, 5.41) is 1.01. The molecule has 0 bridgehead atoms. The summed E-state index contributed by atoms with van der Waals surface area (Å²) in [6, 6.07) is 4.12. The fourth-order valence-electron chi connectivity index (χ4n) is 4.20. The number of ether oxygens (including phenoxy) is 1. The highest BCUT2D eigenvalue weighted by Crippen LogP contribution is 2.26. The van der Waals surface area contributed by atoms with Gasteiger partial charge in [0.15, 0.2) is 0 Å². The highest BCUT2D eigenvalue weighted by atomic mass is 16.5. The number of amides is 2. The maximum absolute atomic E-state index is 12.9. The van der Waals surface area contributed by atoms with Crippen molar-refractivity contribution < 1.29 is 18.7 Å². The molecule has 3 heterocycles. The van der Waals surface area contributed by atoms with Crippen LogP contribution in [0.4, 0.5) is 0 Å². The van der Waals surface area contributed by atoms with Crippen LogP contribution in [0.1, 0.15) is 29.5 Å². The summed E-state index contributed by atoms with van der Waals surface area (Å²) in [7, 11) is 0. The fraction of sp³-hybridized carbons (Fsp3) is 0.545. The number of rotatable bonds is 3. The average molecular weight is 384 g/mol. The Morgan fingerprint density at radius 3 is 2.61 bits per heavy atom. The molecule has 150 valence electrons. The number of carbonyl (C=O) groups is 2. The summed E-state index contributed by atoms with van der Waals surface area (Å²) in [4.78, 5) is 29.5. The Bertz CT molecular complexity index is 882. The number of fused-ring (bicyclic) bond motifs is 1. The maximum Gasteiger partial charge on any atom is 0.227 e. The van der Waals surface area contributed by atoms with E-state index >= 15 is 0 Å². The minimum absolute atomic E-state index is 0.0698. The van der Waals surface area contributed by atoms with Crippen molar-refractivity contribution in [1.29, 1.82) is 0 Å². The Balaban J connectivity index is 1.43. The third kappa shape index (κ3) is 3.78. The maximum atomic E-state index is 12.9. The zero-order valence-electron chi connectivity index (χ0n) is 16.7. The van der Waals surface area contributed by atoms with Gasteiger partial charge in [0.25, 0.3) is 0 Å². The number of piperidine rings is 1. The highest BCUT2D eigenvalue weighted by Gasteiger charge is 2.32. The number of hydrogen-bond donors (Lipinski definition) is 0. The van der Waals surface area contributed by atoms with Crippen LogP contribution in [0, 0.1) is 19.8 Å². The smallest absolute Gasteiger partial charge is 0.227 e. The first-order valence-corrected chi connectivity index (χ1v) is 10.1. The van der Waals surface area contributed by atoms with Gasteiger partial charge < -0.3 is 19.0 Å². The number of carbonyl (C=O) groups excluding carboxylic acids is 2. The minimum Gasteiger partial charge on any atom is -0.464 e. The summed E-state index contributed by atoms with van der Waals surface area (Å²) in [6.45, 7) is 7.89. The van der Waals surface area contributed by atoms with Crippen LogP contribution in [0.5, 0.6) is 0 Å². The Morgan fingerprint density at radius 2 is 1.82 bits per heavy atom. The third-order valence-electron chi connectivity index (χ3n) is 6.06. The number of furan rings is 1. The van der Waals surface area contributed by atoms with Gasteiger partial charge in [-0.15, -0.1) is 0 Å². The van der Waals surface area contributed by atoms with Crippen molar-refractivity contribution in [3.63, 3.8) is 0 Å². The Hall–Kier alpha value is -2.34. The summed E-state index contributed by atoms with van der Waals surface area (Å²) in [5.41, 5.74) is 4.12. The fourth-order valence-corrected chi connectivity index (χ4v) is 4.20. The van der Waals surface area contributed by atoms with Crippen molar-refractivity contribution in [3.8, 4) is 0 Å². The molecule has 0 radical (unpaired) electrons. The number of likely N-dealkylation sites (tertiary alicyclic amines) is 1. The molecule has 0 aliphatic carbocycles. The number of nitrogens with zero attached hydrogens (tertiary/aromatic N) is 2. The second-order valence-corrected chi connectivity index (χ2v) is 7.99. The molecule has 2 fully saturated rings. The zero-order chi connectivity index (χ0) is 19.7. The van der Waals surface area contributed by atoms with Crippen molar-refractivity contribution in [2.24, 2.45) is 5.92 Å². The molecule has 2 aliphatic heterocycles. The van der Waals surface area contributed by atoms with Gasteiger partial charge in [0.1, 0.15) is 5.58 Å². The van der Waals surface area contributed by atoms with Gasteiger partial charge in [0.2, 0.25) is 11.8 Å². The second-order valence-electron chi connectivity index (χ2n) is 7.99. The first-order chi connectivity index (χ1) is 13.5.